The molecule has 5 aromatic rings. The third-order valence-corrected chi connectivity index (χ3v) is 20.0. The number of nitrogens with zero attached hydrogens (tertiary/aromatic N) is 8. The Morgan fingerprint density at radius 2 is 1.40 bits per heavy atom. The number of hydrogen-bond acceptors (Lipinski definition) is 10. The predicted octanol–water partition coefficient (Wildman–Crippen LogP) is 8.94. The van der Waals surface area contributed by atoms with Crippen molar-refractivity contribution in [3.63, 3.8) is 0 Å². The topological polar surface area (TPSA) is 173 Å². The van der Waals surface area contributed by atoms with Gasteiger partial charge in [-0.2, -0.15) is 0 Å². The largest absolute Gasteiger partial charge is 0.342 e. The molecule has 8 heterocycles. The lowest BCUT2D eigenvalue weighted by atomic mass is 9.73. The number of anilines is 3. The van der Waals surface area contributed by atoms with Crippen LogP contribution in [0.4, 0.5) is 21.6 Å². The average molecular weight is 1100 g/mol. The van der Waals surface area contributed by atoms with Gasteiger partial charge in [0.2, 0.25) is 35.4 Å². The Hall–Kier alpha value is -7.01. The lowest BCUT2D eigenvalue weighted by Gasteiger charge is -2.48. The van der Waals surface area contributed by atoms with Gasteiger partial charge in [-0.25, -0.2) is 14.4 Å². The van der Waals surface area contributed by atoms with Crippen LogP contribution in [0.2, 0.25) is 0 Å². The smallest absolute Gasteiger partial charge is 0.238 e. The fourth-order valence-corrected chi connectivity index (χ4v) is 15.1. The first-order valence-corrected chi connectivity index (χ1v) is 30.2. The van der Waals surface area contributed by atoms with Crippen LogP contribution in [-0.2, 0) is 47.1 Å². The summed E-state index contributed by atoms with van der Waals surface area (Å²) in [7, 11) is 0. The van der Waals surface area contributed by atoms with Crippen molar-refractivity contribution in [3.05, 3.63) is 101 Å². The number of fused-ring (bicyclic) bond motifs is 4. The molecule has 3 aromatic carbocycles. The molecule has 1 unspecified atom stereocenters. The van der Waals surface area contributed by atoms with Gasteiger partial charge in [-0.1, -0.05) is 48.9 Å². The van der Waals surface area contributed by atoms with Gasteiger partial charge in [0, 0.05) is 92.8 Å². The summed E-state index contributed by atoms with van der Waals surface area (Å²) in [4.78, 5) is 103. The molecule has 4 saturated heterocycles. The van der Waals surface area contributed by atoms with Gasteiger partial charge in [0.25, 0.3) is 0 Å². The number of aromatic nitrogens is 3. The van der Waals surface area contributed by atoms with E-state index in [-0.39, 0.29) is 77.0 Å². The van der Waals surface area contributed by atoms with Crippen LogP contribution in [0.15, 0.2) is 73.1 Å². The SMILES string of the molecule is CC(C)n1cnc2cc(-c3ccc4c(c3)N(C3CC(N5CCCCC5)C3)C(=O)C43CCN(C(=O)C4CCN(C(=O)C5CCC(C(=O)N6CCc7ccc(C8CCC(=O)NC8=O)cc7C6)CC5)CC4)CC3)nc(Nc3ccccc3F)c21. The highest BCUT2D eigenvalue weighted by Gasteiger charge is 2.56. The molecule has 1 atom stereocenters. The standard InChI is InChI=1S/C64H75FN10O6/c1-39(2)74-38-66-54-36-53(68-58(57(54)74)67-52-9-5-4-8-51(52)65)45-16-18-50-55(33-45)75(48-34-47(35-48)70-25-6-3-7-26-70)63(81)64(50)23-30-72(31-24-64)61(79)43-21-27-71(28-22-43)60(78)41-11-13-42(14-12-41)62(80)73-29-20-40-10-15-44(32-46(40)37-73)49-17-19-56(76)69-59(49)77/h4-5,8-10,15-16,18,32-33,36,38-39,41-43,47-49H,3,6-7,11-14,17,19-31,34-35,37H2,1-2H3,(H,67,68)(H,69,76,77). The minimum absolute atomic E-state index is 0.0713. The van der Waals surface area contributed by atoms with Crippen molar-refractivity contribution in [2.24, 2.45) is 17.8 Å². The van der Waals surface area contributed by atoms with E-state index in [0.717, 1.165) is 71.3 Å². The van der Waals surface area contributed by atoms with Crippen molar-refractivity contribution in [1.29, 1.82) is 0 Å². The summed E-state index contributed by atoms with van der Waals surface area (Å²) in [5.41, 5.74) is 7.66. The summed E-state index contributed by atoms with van der Waals surface area (Å²) in [5.74, 6) is -0.669. The molecular weight excluding hydrogens is 1020 g/mol. The van der Waals surface area contributed by atoms with Crippen LogP contribution in [0.25, 0.3) is 22.3 Å². The third-order valence-electron chi connectivity index (χ3n) is 20.0. The van der Waals surface area contributed by atoms with Crippen molar-refractivity contribution in [3.8, 4) is 11.3 Å². The third kappa shape index (κ3) is 9.88. The maximum absolute atomic E-state index is 15.3. The Labute approximate surface area is 473 Å². The zero-order chi connectivity index (χ0) is 55.7. The second kappa shape index (κ2) is 21.7. The van der Waals surface area contributed by atoms with E-state index in [2.05, 4.69) is 58.5 Å². The molecule has 2 aromatic heterocycles. The number of imidazole rings is 1. The van der Waals surface area contributed by atoms with E-state index in [9.17, 15) is 24.0 Å². The van der Waals surface area contributed by atoms with Gasteiger partial charge in [-0.15, -0.1) is 0 Å². The first-order chi connectivity index (χ1) is 39.3. The fourth-order valence-electron chi connectivity index (χ4n) is 15.1. The minimum atomic E-state index is -0.756. The van der Waals surface area contributed by atoms with Gasteiger partial charge in [0.05, 0.1) is 34.6 Å². The Morgan fingerprint density at radius 1 is 0.704 bits per heavy atom. The highest BCUT2D eigenvalue weighted by atomic mass is 19.1. The van der Waals surface area contributed by atoms with Gasteiger partial charge in [0.1, 0.15) is 11.3 Å². The van der Waals surface area contributed by atoms with Crippen molar-refractivity contribution in [2.75, 3.05) is 56.0 Å². The molecule has 0 radical (unpaired) electrons. The van der Waals surface area contributed by atoms with Gasteiger partial charge >= 0.3 is 0 Å². The molecule has 6 aliphatic heterocycles. The monoisotopic (exact) mass is 1100 g/mol. The summed E-state index contributed by atoms with van der Waals surface area (Å²) in [6.45, 7) is 9.55. The lowest BCUT2D eigenvalue weighted by molar-refractivity contribution is -0.145. The molecule has 424 valence electrons. The van der Waals surface area contributed by atoms with Crippen molar-refractivity contribution in [1.82, 2.24) is 39.5 Å². The van der Waals surface area contributed by atoms with E-state index in [1.807, 2.05) is 37.5 Å². The molecule has 1 spiro atoms. The Balaban J connectivity index is 0.650. The number of amides is 6. The zero-order valence-electron chi connectivity index (χ0n) is 46.8. The zero-order valence-corrected chi connectivity index (χ0v) is 46.8. The van der Waals surface area contributed by atoms with Crippen LogP contribution in [0.5, 0.6) is 0 Å². The molecule has 6 amide bonds. The van der Waals surface area contributed by atoms with Gasteiger partial charge in [-0.05, 0) is 163 Å². The Kier molecular flexibility index (Phi) is 14.3. The lowest BCUT2D eigenvalue weighted by Crippen LogP contribution is -2.58. The highest BCUT2D eigenvalue weighted by molar-refractivity contribution is 6.10. The van der Waals surface area contributed by atoms with Crippen molar-refractivity contribution >= 4 is 63.7 Å². The van der Waals surface area contributed by atoms with Crippen LogP contribution in [0.1, 0.15) is 144 Å². The summed E-state index contributed by atoms with van der Waals surface area (Å²) >= 11 is 0. The number of halogens is 1. The second-order valence-corrected chi connectivity index (χ2v) is 25.0. The number of rotatable bonds is 10. The number of benzene rings is 3. The van der Waals surface area contributed by atoms with Crippen molar-refractivity contribution in [2.45, 2.75) is 153 Å². The predicted molar refractivity (Wildman–Crippen MR) is 306 cm³/mol. The van der Waals surface area contributed by atoms with Crippen LogP contribution >= 0.6 is 0 Å². The number of carbonyl (C=O) groups excluding carboxylic acids is 6. The van der Waals surface area contributed by atoms with E-state index < -0.39 is 5.41 Å². The van der Waals surface area contributed by atoms with Crippen LogP contribution in [-0.4, -0.2) is 127 Å². The number of hydrogen-bond donors (Lipinski definition) is 2. The summed E-state index contributed by atoms with van der Waals surface area (Å²) < 4.78 is 17.2. The van der Waals surface area contributed by atoms with Crippen LogP contribution in [0, 0.1) is 23.6 Å². The molecule has 2 aliphatic carbocycles. The van der Waals surface area contributed by atoms with Gasteiger partial charge in [-0.3, -0.25) is 34.1 Å². The van der Waals surface area contributed by atoms with Gasteiger partial charge < -0.3 is 34.4 Å². The Bertz CT molecular complexity index is 3300. The van der Waals surface area contributed by atoms with E-state index >= 15 is 9.18 Å². The van der Waals surface area contributed by atoms with Crippen LogP contribution < -0.4 is 15.5 Å². The molecule has 17 heteroatoms. The molecule has 2 N–H and O–H groups in total. The minimum Gasteiger partial charge on any atom is -0.342 e. The average Bonchev–Trinajstić information content (AvgIpc) is 3.40. The van der Waals surface area contributed by atoms with E-state index in [1.165, 1.54) is 30.9 Å². The number of piperidine rings is 4. The van der Waals surface area contributed by atoms with E-state index in [4.69, 9.17) is 9.97 Å². The molecule has 81 heavy (non-hydrogen) atoms. The quantitative estimate of drug-likeness (QED) is 0.129. The molecule has 2 saturated carbocycles. The number of imide groups is 1. The normalized spacial score (nSPS) is 25.2. The van der Waals surface area contributed by atoms with E-state index in [0.29, 0.717) is 127 Å². The van der Waals surface area contributed by atoms with Crippen LogP contribution in [0.3, 0.4) is 0 Å². The molecule has 13 rings (SSSR count). The number of pyridine rings is 1. The molecule has 0 bridgehead atoms. The summed E-state index contributed by atoms with van der Waals surface area (Å²) in [5, 5.41) is 5.75. The number of carbonyl (C=O) groups is 6. The summed E-state index contributed by atoms with van der Waals surface area (Å²) in [6, 6.07) is 21.6. The highest BCUT2D eigenvalue weighted by Crippen LogP contribution is 2.53. The van der Waals surface area contributed by atoms with Gasteiger partial charge in [0.15, 0.2) is 5.82 Å². The van der Waals surface area contributed by atoms with Crippen molar-refractivity contribution < 1.29 is 33.2 Å². The molecule has 16 nitrogen and oxygen atoms in total. The maximum Gasteiger partial charge on any atom is 0.238 e. The molecule has 6 fully saturated rings. The first kappa shape index (κ1) is 53.3. The first-order valence-electron chi connectivity index (χ1n) is 30.2. The number of para-hydroxylation sites is 1. The summed E-state index contributed by atoms with van der Waals surface area (Å²) in [6.07, 6.45) is 13.9. The number of nitrogens with one attached hydrogen (secondary N) is 2. The maximum atomic E-state index is 15.3. The fraction of sp³-hybridized carbons (Fsp3) is 0.531. The molecular formula is C64H75FN10O6. The molecule has 8 aliphatic rings. The number of likely N-dealkylation sites (tertiary alicyclic amines) is 3. The van der Waals surface area contributed by atoms with E-state index in [1.54, 1.807) is 24.5 Å². The Morgan fingerprint density at radius 3 is 2.10 bits per heavy atom. The second-order valence-electron chi connectivity index (χ2n) is 25.0.